The number of hydrogen-bond donors (Lipinski definition) is 2. The van der Waals surface area contributed by atoms with E-state index < -0.39 is 28.1 Å². The van der Waals surface area contributed by atoms with Crippen LogP contribution in [0.5, 0.6) is 17.2 Å². The molecule has 4 atom stereocenters. The third kappa shape index (κ3) is 2.50. The maximum atomic E-state index is 14.1. The van der Waals surface area contributed by atoms with E-state index in [0.717, 1.165) is 5.57 Å². The molecule has 34 heavy (non-hydrogen) atoms. The van der Waals surface area contributed by atoms with Gasteiger partial charge in [-0.2, -0.15) is 0 Å². The van der Waals surface area contributed by atoms with Crippen molar-refractivity contribution in [3.63, 3.8) is 0 Å². The van der Waals surface area contributed by atoms with Crippen molar-refractivity contribution in [1.29, 1.82) is 0 Å². The first kappa shape index (κ1) is 22.9. The molecule has 2 N–H and O–H groups in total. The smallest absolute Gasteiger partial charge is 0.200 e. The zero-order chi connectivity index (χ0) is 25.0. The fourth-order valence-corrected chi connectivity index (χ4v) is 6.65. The van der Waals surface area contributed by atoms with Gasteiger partial charge in [-0.15, -0.1) is 6.58 Å². The van der Waals surface area contributed by atoms with Crippen LogP contribution in [-0.4, -0.2) is 38.6 Å². The average molecular weight is 465 g/mol. The van der Waals surface area contributed by atoms with Gasteiger partial charge in [-0.25, -0.2) is 0 Å². The number of rotatable bonds is 4. The lowest BCUT2D eigenvalue weighted by Crippen LogP contribution is -2.72. The molecule has 1 spiro atoms. The van der Waals surface area contributed by atoms with E-state index in [-0.39, 0.29) is 46.7 Å². The van der Waals surface area contributed by atoms with Crippen LogP contribution < -0.4 is 4.74 Å². The fourth-order valence-electron chi connectivity index (χ4n) is 6.65. The number of phenols is 2. The second-order valence-electron chi connectivity index (χ2n) is 11.4. The summed E-state index contributed by atoms with van der Waals surface area (Å²) in [5.41, 5.74) is -2.48. The molecule has 1 saturated heterocycles. The lowest BCUT2D eigenvalue weighted by molar-refractivity contribution is -0.171. The Morgan fingerprint density at radius 3 is 2.53 bits per heavy atom. The highest BCUT2D eigenvalue weighted by Crippen LogP contribution is 2.68. The third-order valence-corrected chi connectivity index (χ3v) is 8.29. The van der Waals surface area contributed by atoms with E-state index in [9.17, 15) is 19.8 Å². The highest BCUT2D eigenvalue weighted by Gasteiger charge is 2.81. The Kier molecular flexibility index (Phi) is 4.47. The van der Waals surface area contributed by atoms with Crippen LogP contribution in [0.2, 0.25) is 0 Å². The topological polar surface area (TPSA) is 93.1 Å². The highest BCUT2D eigenvalue weighted by atomic mass is 16.6. The van der Waals surface area contributed by atoms with Crippen molar-refractivity contribution in [2.24, 2.45) is 11.8 Å². The summed E-state index contributed by atoms with van der Waals surface area (Å²) in [6.45, 7) is 15.4. The Balaban J connectivity index is 1.87. The van der Waals surface area contributed by atoms with Crippen molar-refractivity contribution in [3.05, 3.63) is 53.1 Å². The Hall–Kier alpha value is -2.86. The summed E-state index contributed by atoms with van der Waals surface area (Å²) in [6.07, 6.45) is 6.13. The molecule has 6 nitrogen and oxygen atoms in total. The van der Waals surface area contributed by atoms with Gasteiger partial charge in [0, 0.05) is 40.9 Å². The number of ketones is 2. The lowest BCUT2D eigenvalue weighted by atomic mass is 9.51. The van der Waals surface area contributed by atoms with Gasteiger partial charge in [0.1, 0.15) is 22.8 Å². The van der Waals surface area contributed by atoms with Crippen molar-refractivity contribution in [1.82, 2.24) is 0 Å². The normalized spacial score (nSPS) is 32.5. The van der Waals surface area contributed by atoms with Crippen molar-refractivity contribution in [3.8, 4) is 17.2 Å². The number of aromatic hydroxyl groups is 2. The number of Topliss-reactive ketones (excluding diaryl/α,β-unsaturated/α-hetero) is 2. The summed E-state index contributed by atoms with van der Waals surface area (Å²) in [6, 6.07) is 1.18. The van der Waals surface area contributed by atoms with Gasteiger partial charge < -0.3 is 19.7 Å². The number of allylic oxidation sites excluding steroid dienone is 3. The van der Waals surface area contributed by atoms with E-state index in [1.165, 1.54) is 6.07 Å². The van der Waals surface area contributed by atoms with Crippen LogP contribution in [0.3, 0.4) is 0 Å². The summed E-state index contributed by atoms with van der Waals surface area (Å²) in [5, 5.41) is 21.6. The molecule has 6 heteroatoms. The Labute approximate surface area is 200 Å². The largest absolute Gasteiger partial charge is 0.507 e. The van der Waals surface area contributed by atoms with Crippen molar-refractivity contribution in [2.75, 3.05) is 0 Å². The van der Waals surface area contributed by atoms with E-state index in [1.807, 2.05) is 47.6 Å². The Bertz CT molecular complexity index is 1230. The maximum Gasteiger partial charge on any atom is 0.200 e. The fraction of sp³-hybridized carbons (Fsp3) is 0.500. The van der Waals surface area contributed by atoms with Crippen LogP contribution >= 0.6 is 0 Å². The average Bonchev–Trinajstić information content (AvgIpc) is 2.89. The standard InChI is InChI=1S/C28H32O6/c1-8-25(4,5)21-18(30)13-17(29)20-22(31)16-11-15-12-19-26(6,7)34-27(24(15)32,10-9-14(2)3)28(16,19)33-23(20)21/h8-9,11,13,15,19,29-30H,1,10,12H2,2-7H3/t15-,19?,27+,28-/m1/s1. The number of hydrogen-bond acceptors (Lipinski definition) is 6. The van der Waals surface area contributed by atoms with Crippen LogP contribution in [0.4, 0.5) is 0 Å². The second-order valence-corrected chi connectivity index (χ2v) is 11.4. The summed E-state index contributed by atoms with van der Waals surface area (Å²) >= 11 is 0. The number of carbonyl (C=O) groups is 2. The summed E-state index contributed by atoms with van der Waals surface area (Å²) in [5.74, 6) is -1.63. The number of benzene rings is 1. The van der Waals surface area contributed by atoms with Crippen LogP contribution in [0.1, 0.15) is 70.3 Å². The van der Waals surface area contributed by atoms with Gasteiger partial charge in [0.25, 0.3) is 0 Å². The van der Waals surface area contributed by atoms with Crippen LogP contribution in [0.25, 0.3) is 0 Å². The summed E-state index contributed by atoms with van der Waals surface area (Å²) < 4.78 is 13.5. The van der Waals surface area contributed by atoms with E-state index in [0.29, 0.717) is 17.6 Å². The molecule has 2 fully saturated rings. The Morgan fingerprint density at radius 2 is 1.91 bits per heavy atom. The van der Waals surface area contributed by atoms with Gasteiger partial charge >= 0.3 is 0 Å². The van der Waals surface area contributed by atoms with Crippen molar-refractivity contribution >= 4 is 11.6 Å². The molecule has 180 valence electrons. The van der Waals surface area contributed by atoms with Crippen LogP contribution in [0.15, 0.2) is 42.0 Å². The predicted molar refractivity (Wildman–Crippen MR) is 127 cm³/mol. The molecule has 1 aromatic carbocycles. The zero-order valence-corrected chi connectivity index (χ0v) is 20.6. The number of carbonyl (C=O) groups excluding carboxylic acids is 2. The van der Waals surface area contributed by atoms with Crippen LogP contribution in [-0.2, 0) is 14.9 Å². The molecule has 3 aliphatic carbocycles. The predicted octanol–water partition coefficient (Wildman–Crippen LogP) is 4.92. The second kappa shape index (κ2) is 6.63. The third-order valence-electron chi connectivity index (χ3n) is 8.29. The van der Waals surface area contributed by atoms with E-state index in [4.69, 9.17) is 9.47 Å². The molecule has 2 aliphatic heterocycles. The van der Waals surface area contributed by atoms with Gasteiger partial charge in [0.2, 0.25) is 0 Å². The monoisotopic (exact) mass is 464 g/mol. The van der Waals surface area contributed by atoms with Crippen molar-refractivity contribution < 1.29 is 29.3 Å². The molecular weight excluding hydrogens is 432 g/mol. The zero-order valence-electron chi connectivity index (χ0n) is 20.6. The first-order chi connectivity index (χ1) is 15.7. The van der Waals surface area contributed by atoms with Gasteiger partial charge in [0.15, 0.2) is 22.8 Å². The molecule has 5 aliphatic rings. The molecule has 6 rings (SSSR count). The molecule has 0 radical (unpaired) electrons. The minimum atomic E-state index is -1.38. The Morgan fingerprint density at radius 1 is 1.24 bits per heavy atom. The van der Waals surface area contributed by atoms with Gasteiger partial charge in [0.05, 0.1) is 5.60 Å². The van der Waals surface area contributed by atoms with Gasteiger partial charge in [-0.1, -0.05) is 37.6 Å². The SMILES string of the molecule is C=CC(C)(C)c1c(O)cc(O)c2c1O[C@]13C(=C[C@@H]4CC1C(C)(C)O[C@@]3(CC=C(C)C)C4=O)C2=O. The molecule has 1 unspecified atom stereocenters. The van der Waals surface area contributed by atoms with Crippen LogP contribution in [0, 0.1) is 11.8 Å². The molecule has 4 bridgehead atoms. The molecule has 0 amide bonds. The summed E-state index contributed by atoms with van der Waals surface area (Å²) in [4.78, 5) is 28.0. The van der Waals surface area contributed by atoms with E-state index >= 15 is 0 Å². The number of ether oxygens (including phenoxy) is 2. The first-order valence-corrected chi connectivity index (χ1v) is 11.8. The summed E-state index contributed by atoms with van der Waals surface area (Å²) in [7, 11) is 0. The minimum Gasteiger partial charge on any atom is -0.507 e. The number of fused-ring (bicyclic) bond motifs is 1. The lowest BCUT2D eigenvalue weighted by Gasteiger charge is -2.56. The molecular formula is C28H32O6. The number of phenolic OH excluding ortho intramolecular Hbond substituents is 2. The first-order valence-electron chi connectivity index (χ1n) is 11.8. The molecule has 1 aromatic rings. The molecule has 2 heterocycles. The quantitative estimate of drug-likeness (QED) is 0.614. The van der Waals surface area contributed by atoms with Gasteiger partial charge in [-0.05, 0) is 34.1 Å². The van der Waals surface area contributed by atoms with E-state index in [1.54, 1.807) is 12.2 Å². The van der Waals surface area contributed by atoms with Gasteiger partial charge in [-0.3, -0.25) is 9.59 Å². The maximum absolute atomic E-state index is 14.1. The van der Waals surface area contributed by atoms with E-state index in [2.05, 4.69) is 6.58 Å². The minimum absolute atomic E-state index is 0.00849. The molecule has 0 aromatic heterocycles. The highest BCUT2D eigenvalue weighted by molar-refractivity contribution is 6.18. The van der Waals surface area contributed by atoms with Crippen molar-refractivity contribution in [2.45, 2.75) is 76.6 Å². The molecule has 1 saturated carbocycles.